The molecule has 2 nitrogen and oxygen atoms in total. The van der Waals surface area contributed by atoms with Crippen LogP contribution in [0.3, 0.4) is 0 Å². The molecule has 0 aliphatic heterocycles. The molecule has 72 valence electrons. The average molecular weight is 219 g/mol. The molecule has 0 saturated carbocycles. The number of benzene rings is 1. The van der Waals surface area contributed by atoms with Crippen LogP contribution in [0.2, 0.25) is 0 Å². The van der Waals surface area contributed by atoms with Gasteiger partial charge in [0.1, 0.15) is 5.75 Å². The van der Waals surface area contributed by atoms with Crippen LogP contribution in [0.5, 0.6) is 5.75 Å². The van der Waals surface area contributed by atoms with E-state index in [1.165, 1.54) is 0 Å². The molecular formula is C9H12ClO2P. The van der Waals surface area contributed by atoms with Gasteiger partial charge in [0, 0.05) is 0 Å². The van der Waals surface area contributed by atoms with Crippen LogP contribution in [-0.2, 0) is 4.52 Å². The maximum absolute atomic E-state index is 5.79. The zero-order chi connectivity index (χ0) is 9.68. The smallest absolute Gasteiger partial charge is 0.338 e. The first kappa shape index (κ1) is 10.8. The molecule has 1 rings (SSSR count). The van der Waals surface area contributed by atoms with E-state index < -0.39 is 7.73 Å². The molecule has 1 atom stereocenters. The van der Waals surface area contributed by atoms with Gasteiger partial charge in [-0.25, -0.2) is 0 Å². The van der Waals surface area contributed by atoms with Crippen molar-refractivity contribution in [3.05, 3.63) is 29.8 Å². The van der Waals surface area contributed by atoms with Crippen molar-refractivity contribution in [2.24, 2.45) is 0 Å². The summed E-state index contributed by atoms with van der Waals surface area (Å²) in [4.78, 5) is 0. The minimum atomic E-state index is -1.30. The van der Waals surface area contributed by atoms with Gasteiger partial charge in [-0.2, -0.15) is 0 Å². The molecule has 1 aromatic carbocycles. The fourth-order valence-corrected chi connectivity index (χ4v) is 1.95. The molecule has 1 aromatic rings. The lowest BCUT2D eigenvalue weighted by Gasteiger charge is -2.10. The summed E-state index contributed by atoms with van der Waals surface area (Å²) in [5.41, 5.74) is 1.15. The first-order valence-electron chi connectivity index (χ1n) is 4.06. The van der Waals surface area contributed by atoms with Gasteiger partial charge in [0.15, 0.2) is 0 Å². The number of hydrogen-bond acceptors (Lipinski definition) is 2. The molecule has 0 radical (unpaired) electrons. The molecule has 0 heterocycles. The average Bonchev–Trinajstić information content (AvgIpc) is 2.04. The molecule has 0 aromatic heterocycles. The molecule has 0 saturated heterocycles. The summed E-state index contributed by atoms with van der Waals surface area (Å²) in [6, 6.07) is 7.72. The molecule has 1 unspecified atom stereocenters. The van der Waals surface area contributed by atoms with E-state index in [9.17, 15) is 0 Å². The van der Waals surface area contributed by atoms with Crippen molar-refractivity contribution in [3.8, 4) is 5.75 Å². The monoisotopic (exact) mass is 218 g/mol. The summed E-state index contributed by atoms with van der Waals surface area (Å²) in [5, 5.41) is 0. The van der Waals surface area contributed by atoms with Crippen molar-refractivity contribution in [3.63, 3.8) is 0 Å². The molecule has 0 aliphatic rings. The highest BCUT2D eigenvalue weighted by molar-refractivity contribution is 7.76. The maximum Gasteiger partial charge on any atom is 0.338 e. The van der Waals surface area contributed by atoms with Gasteiger partial charge in [0.05, 0.1) is 6.61 Å². The Morgan fingerprint density at radius 3 is 2.85 bits per heavy atom. The molecule has 4 heteroatoms. The van der Waals surface area contributed by atoms with Gasteiger partial charge < -0.3 is 9.05 Å². The highest BCUT2D eigenvalue weighted by Gasteiger charge is 2.06. The lowest BCUT2D eigenvalue weighted by Crippen LogP contribution is -1.87. The minimum absolute atomic E-state index is 0.570. The Hall–Kier alpha value is -0.300. The van der Waals surface area contributed by atoms with Crippen LogP contribution in [-0.4, -0.2) is 6.61 Å². The van der Waals surface area contributed by atoms with E-state index in [1.54, 1.807) is 0 Å². The Balaban J connectivity index is 2.53. The number of rotatable bonds is 4. The van der Waals surface area contributed by atoms with E-state index in [0.29, 0.717) is 6.61 Å². The minimum Gasteiger partial charge on any atom is -0.436 e. The second-order valence-electron chi connectivity index (χ2n) is 2.54. The third-order valence-electron chi connectivity index (χ3n) is 1.40. The largest absolute Gasteiger partial charge is 0.436 e. The quantitative estimate of drug-likeness (QED) is 0.714. The van der Waals surface area contributed by atoms with Gasteiger partial charge in [-0.1, -0.05) is 12.1 Å². The normalized spacial score (nSPS) is 12.5. The Kier molecular flexibility index (Phi) is 4.51. The predicted molar refractivity (Wildman–Crippen MR) is 56.2 cm³/mol. The zero-order valence-corrected chi connectivity index (χ0v) is 9.31. The molecule has 0 N–H and O–H groups in total. The van der Waals surface area contributed by atoms with Gasteiger partial charge >= 0.3 is 7.73 Å². The first-order chi connectivity index (χ1) is 6.22. The Labute approximate surface area is 84.5 Å². The molecule has 0 aliphatic carbocycles. The highest BCUT2D eigenvalue weighted by atomic mass is 35.7. The van der Waals surface area contributed by atoms with Crippen LogP contribution in [0, 0.1) is 6.92 Å². The molecule has 0 amide bonds. The van der Waals surface area contributed by atoms with Crippen LogP contribution in [0.4, 0.5) is 0 Å². The van der Waals surface area contributed by atoms with Crippen LogP contribution in [0.15, 0.2) is 24.3 Å². The fraction of sp³-hybridized carbons (Fsp3) is 0.333. The summed E-state index contributed by atoms with van der Waals surface area (Å²) >= 11 is 5.79. The van der Waals surface area contributed by atoms with Crippen molar-refractivity contribution in [2.75, 3.05) is 6.61 Å². The lowest BCUT2D eigenvalue weighted by molar-refractivity contribution is 0.345. The Bertz CT molecular complexity index is 268. The Morgan fingerprint density at radius 1 is 1.46 bits per heavy atom. The summed E-state index contributed by atoms with van der Waals surface area (Å²) in [6.07, 6.45) is 0. The maximum atomic E-state index is 5.79. The van der Waals surface area contributed by atoms with Crippen molar-refractivity contribution in [1.29, 1.82) is 0 Å². The second-order valence-corrected chi connectivity index (χ2v) is 4.23. The fourth-order valence-electron chi connectivity index (χ4n) is 0.883. The van der Waals surface area contributed by atoms with E-state index >= 15 is 0 Å². The lowest BCUT2D eigenvalue weighted by atomic mass is 10.2. The van der Waals surface area contributed by atoms with Crippen LogP contribution in [0.1, 0.15) is 12.5 Å². The molecule has 0 bridgehead atoms. The van der Waals surface area contributed by atoms with Crippen molar-refractivity contribution < 1.29 is 9.05 Å². The summed E-state index contributed by atoms with van der Waals surface area (Å²) < 4.78 is 10.4. The van der Waals surface area contributed by atoms with Gasteiger partial charge in [0.2, 0.25) is 0 Å². The van der Waals surface area contributed by atoms with Crippen LogP contribution >= 0.6 is 19.0 Å². The van der Waals surface area contributed by atoms with Gasteiger partial charge in [-0.15, -0.1) is 0 Å². The third-order valence-corrected chi connectivity index (χ3v) is 2.71. The van der Waals surface area contributed by atoms with Gasteiger partial charge in [-0.05, 0) is 42.8 Å². The van der Waals surface area contributed by atoms with Crippen molar-refractivity contribution in [2.45, 2.75) is 13.8 Å². The Morgan fingerprint density at radius 2 is 2.23 bits per heavy atom. The summed E-state index contributed by atoms with van der Waals surface area (Å²) in [6.45, 7) is 4.46. The zero-order valence-electron chi connectivity index (χ0n) is 7.66. The number of aryl methyl sites for hydroxylation is 1. The van der Waals surface area contributed by atoms with Crippen LogP contribution in [0.25, 0.3) is 0 Å². The van der Waals surface area contributed by atoms with Crippen LogP contribution < -0.4 is 4.52 Å². The predicted octanol–water partition coefficient (Wildman–Crippen LogP) is 3.88. The topological polar surface area (TPSA) is 18.5 Å². The summed E-state index contributed by atoms with van der Waals surface area (Å²) in [5.74, 6) is 0.759. The highest BCUT2D eigenvalue weighted by Crippen LogP contribution is 2.43. The second kappa shape index (κ2) is 5.43. The standard InChI is InChI=1S/C9H12ClO2P/c1-3-11-13(10)12-9-6-4-5-8(2)7-9/h4-7H,3H2,1-2H3. The van der Waals surface area contributed by atoms with E-state index in [0.717, 1.165) is 11.3 Å². The summed E-state index contributed by atoms with van der Waals surface area (Å²) in [7, 11) is -1.30. The van der Waals surface area contributed by atoms with E-state index in [4.69, 9.17) is 20.3 Å². The van der Waals surface area contributed by atoms with E-state index in [-0.39, 0.29) is 0 Å². The molecule has 0 spiro atoms. The molecule has 0 fully saturated rings. The molecular weight excluding hydrogens is 207 g/mol. The van der Waals surface area contributed by atoms with E-state index in [2.05, 4.69) is 0 Å². The van der Waals surface area contributed by atoms with E-state index in [1.807, 2.05) is 38.1 Å². The first-order valence-corrected chi connectivity index (χ1v) is 6.14. The van der Waals surface area contributed by atoms with Crippen molar-refractivity contribution >= 4 is 19.0 Å². The number of hydrogen-bond donors (Lipinski definition) is 0. The van der Waals surface area contributed by atoms with Crippen molar-refractivity contribution in [1.82, 2.24) is 0 Å². The van der Waals surface area contributed by atoms with Gasteiger partial charge in [-0.3, -0.25) is 0 Å². The third kappa shape index (κ3) is 3.95. The number of halogens is 1. The molecule has 13 heavy (non-hydrogen) atoms. The van der Waals surface area contributed by atoms with Gasteiger partial charge in [0.25, 0.3) is 0 Å². The SMILES string of the molecule is CCOP(Cl)Oc1cccc(C)c1.